The number of rotatable bonds is 1. The maximum absolute atomic E-state index is 13.3. The fourth-order valence-electron chi connectivity index (χ4n) is 7.88. The maximum Gasteiger partial charge on any atom is 0.229 e. The molecule has 7 rings (SSSR count). The van der Waals surface area contributed by atoms with E-state index in [0.717, 1.165) is 11.4 Å². The largest absolute Gasteiger partial charge is 0.497 e. The van der Waals surface area contributed by atoms with Crippen molar-refractivity contribution in [2.75, 3.05) is 31.7 Å². The molecule has 1 aromatic carbocycles. The number of fused-ring (bicyclic) bond motifs is 2. The van der Waals surface area contributed by atoms with Gasteiger partial charge in [-0.05, 0) is 35.3 Å². The average Bonchev–Trinajstić information content (AvgIpc) is 3.15. The molecular formula is C22H25N2O3+. The molecule has 5 nitrogen and oxygen atoms in total. The van der Waals surface area contributed by atoms with Crippen molar-refractivity contribution in [3.8, 4) is 5.75 Å². The number of nitrogens with one attached hydrogen (secondary N) is 1. The molecule has 0 aromatic heterocycles. The summed E-state index contributed by atoms with van der Waals surface area (Å²) in [6, 6.07) is 7.26. The molecule has 1 aromatic rings. The molecule has 1 saturated carbocycles. The summed E-state index contributed by atoms with van der Waals surface area (Å²) in [6.07, 6.45) is 5.37. The second-order valence-electron chi connectivity index (χ2n) is 9.29. The zero-order valence-electron chi connectivity index (χ0n) is 15.6. The van der Waals surface area contributed by atoms with Gasteiger partial charge in [-0.25, -0.2) is 0 Å². The second kappa shape index (κ2) is 4.76. The first kappa shape index (κ1) is 15.1. The van der Waals surface area contributed by atoms with E-state index in [1.54, 1.807) is 17.6 Å². The first-order valence-electron chi connectivity index (χ1n) is 10.4. The van der Waals surface area contributed by atoms with Crippen molar-refractivity contribution in [1.29, 1.82) is 0 Å². The Kier molecular flexibility index (Phi) is 2.66. The van der Waals surface area contributed by atoms with Crippen LogP contribution >= 0.6 is 0 Å². The number of carbonyl (C=O) groups excluding carboxylic acids is 1. The number of quaternary nitrogens is 1. The minimum atomic E-state index is 0.0773. The predicted molar refractivity (Wildman–Crippen MR) is 99.1 cm³/mol. The van der Waals surface area contributed by atoms with Crippen LogP contribution in [0.4, 0.5) is 5.69 Å². The van der Waals surface area contributed by atoms with Crippen LogP contribution in [0.15, 0.2) is 29.8 Å². The molecular weight excluding hydrogens is 340 g/mol. The van der Waals surface area contributed by atoms with E-state index in [0.29, 0.717) is 30.9 Å². The van der Waals surface area contributed by atoms with E-state index < -0.39 is 0 Å². The highest BCUT2D eigenvalue weighted by atomic mass is 16.5. The molecule has 6 aliphatic rings. The Labute approximate surface area is 158 Å². The zero-order chi connectivity index (χ0) is 17.9. The Bertz CT molecular complexity index is 911. The zero-order valence-corrected chi connectivity index (χ0v) is 15.6. The lowest BCUT2D eigenvalue weighted by Crippen LogP contribution is -3.16. The van der Waals surface area contributed by atoms with Crippen molar-refractivity contribution in [2.45, 2.75) is 42.9 Å². The molecule has 0 radical (unpaired) electrons. The van der Waals surface area contributed by atoms with E-state index in [2.05, 4.69) is 23.1 Å². The van der Waals surface area contributed by atoms with Crippen LogP contribution in [0.2, 0.25) is 0 Å². The molecule has 1 N–H and O–H groups in total. The van der Waals surface area contributed by atoms with E-state index in [-0.39, 0.29) is 23.5 Å². The molecule has 1 amide bonds. The monoisotopic (exact) mass is 365 g/mol. The molecule has 140 valence electrons. The predicted octanol–water partition coefficient (Wildman–Crippen LogP) is 0.684. The first-order valence-corrected chi connectivity index (χ1v) is 10.4. The van der Waals surface area contributed by atoms with Gasteiger partial charge in [-0.1, -0.05) is 6.08 Å². The van der Waals surface area contributed by atoms with Crippen LogP contribution in [-0.4, -0.2) is 50.9 Å². The lowest BCUT2D eigenvalue weighted by atomic mass is 9.53. The Balaban J connectivity index is 1.53. The summed E-state index contributed by atoms with van der Waals surface area (Å²) in [5.41, 5.74) is 4.20. The van der Waals surface area contributed by atoms with Crippen molar-refractivity contribution < 1.29 is 19.2 Å². The third kappa shape index (κ3) is 1.56. The fraction of sp³-hybridized carbons (Fsp3) is 0.591. The lowest BCUT2D eigenvalue weighted by Gasteiger charge is -2.56. The van der Waals surface area contributed by atoms with Gasteiger partial charge in [0.2, 0.25) is 5.91 Å². The van der Waals surface area contributed by atoms with Gasteiger partial charge in [-0.2, -0.15) is 0 Å². The third-order valence-corrected chi connectivity index (χ3v) is 8.70. The summed E-state index contributed by atoms with van der Waals surface area (Å²) in [6.45, 7) is 3.06. The number of anilines is 1. The molecule has 7 atom stereocenters. The molecule has 3 saturated heterocycles. The number of methoxy groups -OCH3 is 1. The lowest BCUT2D eigenvalue weighted by molar-refractivity contribution is -0.916. The summed E-state index contributed by atoms with van der Waals surface area (Å²) in [4.78, 5) is 17.2. The van der Waals surface area contributed by atoms with Crippen LogP contribution in [0.3, 0.4) is 0 Å². The number of hydrogen-bond acceptors (Lipinski definition) is 3. The summed E-state index contributed by atoms with van der Waals surface area (Å²) in [7, 11) is 1.74. The van der Waals surface area contributed by atoms with E-state index in [1.807, 2.05) is 6.07 Å². The molecule has 1 spiro atoms. The summed E-state index contributed by atoms with van der Waals surface area (Å²) < 4.78 is 11.9. The van der Waals surface area contributed by atoms with Gasteiger partial charge >= 0.3 is 0 Å². The molecule has 5 heterocycles. The molecule has 2 bridgehead atoms. The van der Waals surface area contributed by atoms with Crippen LogP contribution in [0, 0.1) is 11.8 Å². The van der Waals surface area contributed by atoms with Crippen LogP contribution in [0.1, 0.15) is 24.8 Å². The quantitative estimate of drug-likeness (QED) is 0.745. The SMILES string of the molecule is COc1ccc2c(c1)[C@@]13CC[NH+]4CC5=CCO[C@H]6CC(=O)N2[C@H]1[C@H]6[C@H]5C[C@H]43. The number of hydrogen-bond donors (Lipinski definition) is 1. The number of benzene rings is 1. The van der Waals surface area contributed by atoms with Crippen LogP contribution < -0.4 is 14.5 Å². The topological polar surface area (TPSA) is 43.2 Å². The highest BCUT2D eigenvalue weighted by molar-refractivity contribution is 5.99. The number of piperidine rings is 2. The summed E-state index contributed by atoms with van der Waals surface area (Å²) in [5.74, 6) is 2.19. The maximum atomic E-state index is 13.3. The summed E-state index contributed by atoms with van der Waals surface area (Å²) in [5, 5.41) is 0. The Morgan fingerprint density at radius 3 is 3.19 bits per heavy atom. The number of amides is 1. The third-order valence-electron chi connectivity index (χ3n) is 8.70. The van der Waals surface area contributed by atoms with Gasteiger partial charge < -0.3 is 19.3 Å². The molecule has 1 aliphatic carbocycles. The molecule has 27 heavy (non-hydrogen) atoms. The fourth-order valence-corrected chi connectivity index (χ4v) is 7.88. The van der Waals surface area contributed by atoms with Gasteiger partial charge in [-0.15, -0.1) is 0 Å². The van der Waals surface area contributed by atoms with Crippen LogP contribution in [0.25, 0.3) is 0 Å². The second-order valence-corrected chi connectivity index (χ2v) is 9.29. The molecule has 5 heteroatoms. The number of ether oxygens (including phenoxy) is 2. The normalized spacial score (nSPS) is 45.3. The van der Waals surface area contributed by atoms with Crippen LogP contribution in [0.5, 0.6) is 5.75 Å². The molecule has 1 unspecified atom stereocenters. The van der Waals surface area contributed by atoms with Crippen molar-refractivity contribution in [3.63, 3.8) is 0 Å². The van der Waals surface area contributed by atoms with Crippen LogP contribution in [-0.2, 0) is 14.9 Å². The minimum Gasteiger partial charge on any atom is -0.497 e. The van der Waals surface area contributed by atoms with Crippen molar-refractivity contribution in [2.24, 2.45) is 11.8 Å². The molecule has 5 aliphatic heterocycles. The smallest absolute Gasteiger partial charge is 0.229 e. The highest BCUT2D eigenvalue weighted by Gasteiger charge is 2.73. The van der Waals surface area contributed by atoms with Gasteiger partial charge in [0.05, 0.1) is 50.8 Å². The number of carbonyl (C=O) groups is 1. The van der Waals surface area contributed by atoms with E-state index in [9.17, 15) is 4.79 Å². The van der Waals surface area contributed by atoms with Gasteiger partial charge in [0.25, 0.3) is 0 Å². The average molecular weight is 365 g/mol. The highest BCUT2D eigenvalue weighted by Crippen LogP contribution is 2.62. The Morgan fingerprint density at radius 2 is 2.30 bits per heavy atom. The van der Waals surface area contributed by atoms with Gasteiger partial charge in [0.15, 0.2) is 0 Å². The summed E-state index contributed by atoms with van der Waals surface area (Å²) >= 11 is 0. The number of nitrogens with zero attached hydrogens (tertiary/aromatic N) is 1. The Morgan fingerprint density at radius 1 is 1.37 bits per heavy atom. The van der Waals surface area contributed by atoms with Gasteiger partial charge in [0.1, 0.15) is 11.8 Å². The van der Waals surface area contributed by atoms with E-state index >= 15 is 0 Å². The van der Waals surface area contributed by atoms with Crippen molar-refractivity contribution in [3.05, 3.63) is 35.4 Å². The molecule has 4 fully saturated rings. The van der Waals surface area contributed by atoms with E-state index in [4.69, 9.17) is 9.47 Å². The standard InChI is InChI=1S/C22H24N2O3/c1-26-13-2-3-16-15(8-13)22-5-6-23-11-12-4-7-27-17-10-19(25)24(16)21(22)20(17)14(12)9-18(22)23/h2-4,8,14,17-18,20-21H,5-7,9-11H2,1H3/p+1/t14-,17-,18-,20-,21-,22+/m0/s1. The van der Waals surface area contributed by atoms with Crippen molar-refractivity contribution in [1.82, 2.24) is 0 Å². The van der Waals surface area contributed by atoms with Gasteiger partial charge in [0, 0.05) is 24.4 Å². The van der Waals surface area contributed by atoms with Crippen molar-refractivity contribution >= 4 is 11.6 Å². The minimum absolute atomic E-state index is 0.0773. The van der Waals surface area contributed by atoms with Gasteiger partial charge in [-0.3, -0.25) is 4.79 Å². The first-order chi connectivity index (χ1) is 13.2. The van der Waals surface area contributed by atoms with E-state index in [1.165, 1.54) is 31.5 Å². The Hall–Kier alpha value is -1.85.